The number of carbonyl (C=O) groups is 1. The lowest BCUT2D eigenvalue weighted by molar-refractivity contribution is -0.389. The second kappa shape index (κ2) is 9.55. The van der Waals surface area contributed by atoms with E-state index in [1.165, 1.54) is 34.2 Å². The van der Waals surface area contributed by atoms with Crippen molar-refractivity contribution in [1.29, 1.82) is 0 Å². The molecule has 1 amide bonds. The van der Waals surface area contributed by atoms with Crippen LogP contribution in [0.25, 0.3) is 0 Å². The van der Waals surface area contributed by atoms with Crippen LogP contribution in [0, 0.1) is 17.0 Å². The van der Waals surface area contributed by atoms with Gasteiger partial charge >= 0.3 is 12.0 Å². The number of halogens is 3. The predicted octanol–water partition coefficient (Wildman–Crippen LogP) is 4.19. The molecule has 3 heterocycles. The van der Waals surface area contributed by atoms with E-state index < -0.39 is 16.7 Å². The Morgan fingerprint density at radius 2 is 1.85 bits per heavy atom. The summed E-state index contributed by atoms with van der Waals surface area (Å²) in [6.07, 6.45) is -4.37. The number of amides is 1. The van der Waals surface area contributed by atoms with Crippen molar-refractivity contribution in [1.82, 2.24) is 19.6 Å². The third kappa shape index (κ3) is 5.45. The van der Waals surface area contributed by atoms with Gasteiger partial charge in [-0.1, -0.05) is 18.2 Å². The molecule has 0 radical (unpaired) electrons. The Morgan fingerprint density at radius 3 is 2.50 bits per heavy atom. The van der Waals surface area contributed by atoms with Gasteiger partial charge in [0.1, 0.15) is 0 Å². The number of nitrogens with zero attached hydrogens (tertiary/aromatic N) is 5. The number of aromatic nitrogens is 2. The van der Waals surface area contributed by atoms with Gasteiger partial charge in [-0.25, -0.2) is 0 Å². The summed E-state index contributed by atoms with van der Waals surface area (Å²) in [5, 5.41) is 16.7. The molecule has 0 atom stereocenters. The number of alkyl halides is 3. The minimum absolute atomic E-state index is 0.0989. The SMILES string of the molecule is Cc1cc([N+](=O)[O-])nn1Cc1csc(C(=O)N2CCN(Cc3cccc(C(F)(F)F)c3)CC2)c1. The fraction of sp³-hybridized carbons (Fsp3) is 0.364. The fourth-order valence-corrected chi connectivity index (χ4v) is 4.72. The van der Waals surface area contributed by atoms with E-state index in [0.29, 0.717) is 55.4 Å². The van der Waals surface area contributed by atoms with Gasteiger partial charge in [-0.15, -0.1) is 11.3 Å². The monoisotopic (exact) mass is 493 g/mol. The molecule has 1 aromatic carbocycles. The van der Waals surface area contributed by atoms with E-state index in [0.717, 1.165) is 11.6 Å². The number of hydrogen-bond acceptors (Lipinski definition) is 6. The molecule has 1 aliphatic rings. The van der Waals surface area contributed by atoms with E-state index in [-0.39, 0.29) is 11.7 Å². The predicted molar refractivity (Wildman–Crippen MR) is 120 cm³/mol. The topological polar surface area (TPSA) is 84.5 Å². The van der Waals surface area contributed by atoms with E-state index in [1.807, 2.05) is 10.3 Å². The molecule has 0 unspecified atom stereocenters. The van der Waals surface area contributed by atoms with E-state index >= 15 is 0 Å². The molecule has 1 aliphatic heterocycles. The maximum atomic E-state index is 12.9. The van der Waals surface area contributed by atoms with Crippen molar-refractivity contribution in [3.63, 3.8) is 0 Å². The zero-order valence-corrected chi connectivity index (χ0v) is 19.1. The number of rotatable bonds is 6. The van der Waals surface area contributed by atoms with E-state index in [1.54, 1.807) is 24.0 Å². The molecule has 180 valence electrons. The molecule has 8 nitrogen and oxygen atoms in total. The molecular weight excluding hydrogens is 471 g/mol. The third-order valence-corrected chi connectivity index (χ3v) is 6.64. The molecular formula is C22H22F3N5O3S. The summed E-state index contributed by atoms with van der Waals surface area (Å²) in [6.45, 7) is 4.55. The van der Waals surface area contributed by atoms with Crippen molar-refractivity contribution in [2.24, 2.45) is 0 Å². The molecule has 2 aromatic heterocycles. The van der Waals surface area contributed by atoms with E-state index in [9.17, 15) is 28.1 Å². The van der Waals surface area contributed by atoms with Gasteiger partial charge in [-0.05, 0) is 40.5 Å². The van der Waals surface area contributed by atoms with Crippen molar-refractivity contribution in [3.8, 4) is 0 Å². The van der Waals surface area contributed by atoms with Gasteiger partial charge in [0.25, 0.3) is 5.91 Å². The summed E-state index contributed by atoms with van der Waals surface area (Å²) in [4.78, 5) is 27.6. The third-order valence-electron chi connectivity index (χ3n) is 5.67. The molecule has 0 aliphatic carbocycles. The lowest BCUT2D eigenvalue weighted by Gasteiger charge is -2.34. The highest BCUT2D eigenvalue weighted by Gasteiger charge is 2.30. The fourth-order valence-electron chi connectivity index (χ4n) is 3.85. The van der Waals surface area contributed by atoms with Crippen molar-refractivity contribution in [2.75, 3.05) is 26.2 Å². The van der Waals surface area contributed by atoms with Crippen molar-refractivity contribution in [2.45, 2.75) is 26.2 Å². The van der Waals surface area contributed by atoms with Crippen LogP contribution in [0.4, 0.5) is 19.0 Å². The number of aryl methyl sites for hydroxylation is 1. The van der Waals surface area contributed by atoms with Gasteiger partial charge in [0.05, 0.1) is 33.8 Å². The smallest absolute Gasteiger partial charge is 0.358 e. The largest absolute Gasteiger partial charge is 0.416 e. The molecule has 4 rings (SSSR count). The van der Waals surface area contributed by atoms with Gasteiger partial charge in [-0.2, -0.15) is 17.9 Å². The number of piperazine rings is 1. The first kappa shape index (κ1) is 23.9. The lowest BCUT2D eigenvalue weighted by Crippen LogP contribution is -2.48. The van der Waals surface area contributed by atoms with Crippen molar-refractivity contribution < 1.29 is 22.9 Å². The Labute approximate surface area is 197 Å². The quantitative estimate of drug-likeness (QED) is 0.380. The number of benzene rings is 1. The average molecular weight is 494 g/mol. The van der Waals surface area contributed by atoms with Crippen LogP contribution >= 0.6 is 11.3 Å². The molecule has 34 heavy (non-hydrogen) atoms. The normalized spacial score (nSPS) is 15.0. The Bertz CT molecular complexity index is 1200. The minimum Gasteiger partial charge on any atom is -0.358 e. The second-order valence-corrected chi connectivity index (χ2v) is 9.06. The number of nitro groups is 1. The highest BCUT2D eigenvalue weighted by molar-refractivity contribution is 7.12. The summed E-state index contributed by atoms with van der Waals surface area (Å²) in [5.41, 5.74) is 1.42. The summed E-state index contributed by atoms with van der Waals surface area (Å²) in [5.74, 6) is -0.315. The summed E-state index contributed by atoms with van der Waals surface area (Å²) in [7, 11) is 0. The average Bonchev–Trinajstić information content (AvgIpc) is 3.41. The van der Waals surface area contributed by atoms with Gasteiger partial charge in [0, 0.05) is 32.7 Å². The molecule has 12 heteroatoms. The summed E-state index contributed by atoms with van der Waals surface area (Å²) < 4.78 is 40.3. The van der Waals surface area contributed by atoms with Gasteiger partial charge in [0.15, 0.2) is 0 Å². The molecule has 1 fully saturated rings. The minimum atomic E-state index is -4.37. The Morgan fingerprint density at radius 1 is 1.12 bits per heavy atom. The molecule has 0 N–H and O–H groups in total. The zero-order chi connectivity index (χ0) is 24.5. The van der Waals surface area contributed by atoms with Gasteiger partial charge in [-0.3, -0.25) is 9.69 Å². The number of thiophene rings is 1. The highest BCUT2D eigenvalue weighted by Crippen LogP contribution is 2.30. The zero-order valence-electron chi connectivity index (χ0n) is 18.3. The summed E-state index contributed by atoms with van der Waals surface area (Å²) in [6, 6.07) is 8.49. The number of hydrogen-bond donors (Lipinski definition) is 0. The van der Waals surface area contributed by atoms with Crippen LogP contribution in [0.3, 0.4) is 0 Å². The Kier molecular flexibility index (Phi) is 6.71. The maximum Gasteiger partial charge on any atom is 0.416 e. The van der Waals surface area contributed by atoms with Crippen LogP contribution in [0.15, 0.2) is 41.8 Å². The number of carbonyl (C=O) groups excluding carboxylic acids is 1. The van der Waals surface area contributed by atoms with Crippen molar-refractivity contribution >= 4 is 23.1 Å². The van der Waals surface area contributed by atoms with Crippen molar-refractivity contribution in [3.05, 3.63) is 79.2 Å². The Hall–Kier alpha value is -3.25. The molecule has 0 bridgehead atoms. The molecule has 3 aromatic rings. The standard InChI is InChI=1S/C22H22F3N5O3S/c1-15-9-20(30(32)33)26-29(15)13-17-11-19(34-14-17)21(31)28-7-5-27(6-8-28)12-16-3-2-4-18(10-16)22(23,24)25/h2-4,9-11,14H,5-8,12-13H2,1H3. The molecule has 0 spiro atoms. The lowest BCUT2D eigenvalue weighted by atomic mass is 10.1. The van der Waals surface area contributed by atoms with Gasteiger partial charge in [0.2, 0.25) is 0 Å². The van der Waals surface area contributed by atoms with Crippen LogP contribution < -0.4 is 0 Å². The first-order valence-corrected chi connectivity index (χ1v) is 11.4. The van der Waals surface area contributed by atoms with E-state index in [2.05, 4.69) is 5.10 Å². The maximum absolute atomic E-state index is 12.9. The first-order chi connectivity index (χ1) is 16.1. The van der Waals surface area contributed by atoms with Crippen LogP contribution in [-0.2, 0) is 19.3 Å². The van der Waals surface area contributed by atoms with Crippen LogP contribution in [0.5, 0.6) is 0 Å². The van der Waals surface area contributed by atoms with Crippen LogP contribution in [-0.4, -0.2) is 56.6 Å². The van der Waals surface area contributed by atoms with Crippen LogP contribution in [0.1, 0.15) is 32.1 Å². The molecule has 0 saturated carbocycles. The van der Waals surface area contributed by atoms with Crippen LogP contribution in [0.2, 0.25) is 0 Å². The summed E-state index contributed by atoms with van der Waals surface area (Å²) >= 11 is 1.31. The first-order valence-electron chi connectivity index (χ1n) is 10.5. The molecule has 1 saturated heterocycles. The second-order valence-electron chi connectivity index (χ2n) is 8.14. The highest BCUT2D eigenvalue weighted by atomic mass is 32.1. The van der Waals surface area contributed by atoms with Gasteiger partial charge < -0.3 is 15.0 Å². The Balaban J connectivity index is 1.33. The van der Waals surface area contributed by atoms with E-state index in [4.69, 9.17) is 0 Å².